The van der Waals surface area contributed by atoms with Gasteiger partial charge in [0.2, 0.25) is 0 Å². The number of hydrogen-bond donors (Lipinski definition) is 1. The van der Waals surface area contributed by atoms with E-state index in [4.69, 9.17) is 4.74 Å². The molecule has 0 spiro atoms. The topological polar surface area (TPSA) is 29.5 Å². The maximum Gasteiger partial charge on any atom is 0.126 e. The summed E-state index contributed by atoms with van der Waals surface area (Å²) in [5, 5.41) is 10.3. The van der Waals surface area contributed by atoms with E-state index < -0.39 is 0 Å². The standard InChI is InChI=1S/C20H36NO2/c1-21(5-2-3-6-21)14-19(22)15-23-7-4-20-11-16-8-17(12-20)10-18(9-16)13-20/h16-19,22H,2-15H2,1H3/q+1/t16?,17?,18?,19-,20?/m0/s1. The van der Waals surface area contributed by atoms with E-state index in [1.54, 1.807) is 0 Å². The third kappa shape index (κ3) is 3.62. The van der Waals surface area contributed by atoms with Crippen molar-refractivity contribution in [3.63, 3.8) is 0 Å². The largest absolute Gasteiger partial charge is 0.385 e. The zero-order chi connectivity index (χ0) is 15.9. The van der Waals surface area contributed by atoms with Crippen molar-refractivity contribution < 1.29 is 14.3 Å². The van der Waals surface area contributed by atoms with E-state index >= 15 is 0 Å². The van der Waals surface area contributed by atoms with Crippen molar-refractivity contribution >= 4 is 0 Å². The van der Waals surface area contributed by atoms with Crippen LogP contribution in [0.2, 0.25) is 0 Å². The lowest BCUT2D eigenvalue weighted by Crippen LogP contribution is -2.48. The van der Waals surface area contributed by atoms with Crippen LogP contribution >= 0.6 is 0 Å². The molecule has 5 aliphatic rings. The molecular weight excluding hydrogens is 286 g/mol. The summed E-state index contributed by atoms with van der Waals surface area (Å²) >= 11 is 0. The predicted octanol–water partition coefficient (Wildman–Crippen LogP) is 3.21. The Kier molecular flexibility index (Phi) is 4.49. The maximum absolute atomic E-state index is 10.3. The first kappa shape index (κ1) is 16.4. The smallest absolute Gasteiger partial charge is 0.126 e. The van der Waals surface area contributed by atoms with E-state index in [0.29, 0.717) is 12.0 Å². The normalized spacial score (nSPS) is 42.3. The number of ether oxygens (including phenoxy) is 1. The van der Waals surface area contributed by atoms with Gasteiger partial charge in [0.15, 0.2) is 0 Å². The van der Waals surface area contributed by atoms with Crippen LogP contribution in [0, 0.1) is 23.2 Å². The first-order valence-corrected chi connectivity index (χ1v) is 10.1. The Morgan fingerprint density at radius 1 is 1.04 bits per heavy atom. The molecule has 1 saturated heterocycles. The highest BCUT2D eigenvalue weighted by Crippen LogP contribution is 2.61. The molecule has 0 aromatic rings. The zero-order valence-corrected chi connectivity index (χ0v) is 15.0. The summed E-state index contributed by atoms with van der Waals surface area (Å²) in [6.45, 7) is 4.74. The monoisotopic (exact) mass is 322 g/mol. The van der Waals surface area contributed by atoms with E-state index in [2.05, 4.69) is 7.05 Å². The van der Waals surface area contributed by atoms with Crippen molar-refractivity contribution in [3.8, 4) is 0 Å². The summed E-state index contributed by atoms with van der Waals surface area (Å²) in [5.41, 5.74) is 0.618. The average molecular weight is 323 g/mol. The molecule has 3 heteroatoms. The Hall–Kier alpha value is -0.120. The van der Waals surface area contributed by atoms with Gasteiger partial charge >= 0.3 is 0 Å². The van der Waals surface area contributed by atoms with Gasteiger partial charge in [-0.3, -0.25) is 0 Å². The summed E-state index contributed by atoms with van der Waals surface area (Å²) in [5.74, 6) is 3.10. The molecule has 0 aromatic heterocycles. The quantitative estimate of drug-likeness (QED) is 0.576. The van der Waals surface area contributed by atoms with Crippen LogP contribution in [0.15, 0.2) is 0 Å². The lowest BCUT2D eigenvalue weighted by atomic mass is 9.49. The van der Waals surface area contributed by atoms with Crippen LogP contribution in [-0.4, -0.2) is 55.6 Å². The Balaban J connectivity index is 1.19. The maximum atomic E-state index is 10.3. The number of nitrogens with zero attached hydrogens (tertiary/aromatic N) is 1. The molecule has 23 heavy (non-hydrogen) atoms. The Bertz CT molecular complexity index is 381. The Morgan fingerprint density at radius 3 is 2.17 bits per heavy atom. The van der Waals surface area contributed by atoms with Crippen molar-refractivity contribution in [1.82, 2.24) is 0 Å². The van der Waals surface area contributed by atoms with Gasteiger partial charge < -0.3 is 14.3 Å². The van der Waals surface area contributed by atoms with Gasteiger partial charge in [0.05, 0.1) is 26.7 Å². The van der Waals surface area contributed by atoms with Crippen LogP contribution in [0.25, 0.3) is 0 Å². The highest BCUT2D eigenvalue weighted by Gasteiger charge is 2.50. The number of likely N-dealkylation sites (N-methyl/N-ethyl adjacent to an activating group) is 1. The molecule has 3 nitrogen and oxygen atoms in total. The van der Waals surface area contributed by atoms with Crippen LogP contribution < -0.4 is 0 Å². The summed E-state index contributed by atoms with van der Waals surface area (Å²) in [4.78, 5) is 0. The molecular formula is C20H36NO2+. The molecule has 5 rings (SSSR count). The molecule has 1 N–H and O–H groups in total. The summed E-state index contributed by atoms with van der Waals surface area (Å²) in [6, 6.07) is 0. The number of aliphatic hydroxyl groups excluding tert-OH is 1. The molecule has 4 aliphatic carbocycles. The van der Waals surface area contributed by atoms with E-state index in [1.165, 1.54) is 70.9 Å². The van der Waals surface area contributed by atoms with Gasteiger partial charge in [0, 0.05) is 19.4 Å². The van der Waals surface area contributed by atoms with Crippen LogP contribution in [0.5, 0.6) is 0 Å². The molecule has 1 heterocycles. The second kappa shape index (κ2) is 6.31. The Labute approximate surface area is 142 Å². The molecule has 132 valence electrons. The molecule has 0 radical (unpaired) electrons. The zero-order valence-electron chi connectivity index (χ0n) is 15.0. The van der Waals surface area contributed by atoms with Gasteiger partial charge in [0.1, 0.15) is 12.6 Å². The minimum absolute atomic E-state index is 0.283. The lowest BCUT2D eigenvalue weighted by molar-refractivity contribution is -0.900. The van der Waals surface area contributed by atoms with E-state index in [0.717, 1.165) is 35.4 Å². The van der Waals surface area contributed by atoms with Gasteiger partial charge in [-0.2, -0.15) is 0 Å². The molecule has 4 saturated carbocycles. The van der Waals surface area contributed by atoms with Crippen molar-refractivity contribution in [2.45, 2.75) is 63.9 Å². The van der Waals surface area contributed by atoms with Crippen molar-refractivity contribution in [2.24, 2.45) is 23.2 Å². The lowest BCUT2D eigenvalue weighted by Gasteiger charge is -2.57. The fourth-order valence-electron chi connectivity index (χ4n) is 6.95. The average Bonchev–Trinajstić information content (AvgIpc) is 2.88. The highest BCUT2D eigenvalue weighted by atomic mass is 16.5. The van der Waals surface area contributed by atoms with E-state index in [1.807, 2.05) is 0 Å². The summed E-state index contributed by atoms with van der Waals surface area (Å²) in [7, 11) is 2.28. The first-order valence-electron chi connectivity index (χ1n) is 10.1. The van der Waals surface area contributed by atoms with Crippen molar-refractivity contribution in [2.75, 3.05) is 39.9 Å². The van der Waals surface area contributed by atoms with E-state index in [9.17, 15) is 5.11 Å². The van der Waals surface area contributed by atoms with Gasteiger partial charge in [-0.25, -0.2) is 0 Å². The molecule has 0 amide bonds. The van der Waals surface area contributed by atoms with Gasteiger partial charge in [0.25, 0.3) is 0 Å². The van der Waals surface area contributed by atoms with Crippen molar-refractivity contribution in [3.05, 3.63) is 0 Å². The van der Waals surface area contributed by atoms with Gasteiger partial charge in [-0.15, -0.1) is 0 Å². The summed E-state index contributed by atoms with van der Waals surface area (Å²) in [6.07, 6.45) is 12.6. The molecule has 4 bridgehead atoms. The van der Waals surface area contributed by atoms with Gasteiger partial charge in [-0.05, 0) is 68.1 Å². The Morgan fingerprint density at radius 2 is 1.61 bits per heavy atom. The second-order valence-electron chi connectivity index (χ2n) is 9.85. The van der Waals surface area contributed by atoms with Crippen LogP contribution in [-0.2, 0) is 4.74 Å². The SMILES string of the molecule is C[N+]1(C[C@H](O)COCCC23CC4CC(CC(C4)C2)C3)CCCC1. The third-order valence-electron chi connectivity index (χ3n) is 7.55. The second-order valence-corrected chi connectivity index (χ2v) is 9.85. The number of hydrogen-bond acceptors (Lipinski definition) is 2. The van der Waals surface area contributed by atoms with Gasteiger partial charge in [-0.1, -0.05) is 0 Å². The van der Waals surface area contributed by atoms with Crippen LogP contribution in [0.3, 0.4) is 0 Å². The molecule has 5 fully saturated rings. The minimum atomic E-state index is -0.283. The fraction of sp³-hybridized carbons (Fsp3) is 1.00. The third-order valence-corrected chi connectivity index (χ3v) is 7.55. The number of quaternary nitrogens is 1. The van der Waals surface area contributed by atoms with Crippen LogP contribution in [0.1, 0.15) is 57.8 Å². The number of likely N-dealkylation sites (tertiary alicyclic amines) is 1. The first-order chi connectivity index (χ1) is 11.0. The molecule has 1 atom stereocenters. The number of aliphatic hydroxyl groups is 1. The molecule has 0 unspecified atom stereocenters. The minimum Gasteiger partial charge on any atom is -0.385 e. The predicted molar refractivity (Wildman–Crippen MR) is 92.1 cm³/mol. The molecule has 0 aromatic carbocycles. The number of rotatable bonds is 7. The van der Waals surface area contributed by atoms with Crippen LogP contribution in [0.4, 0.5) is 0 Å². The summed E-state index contributed by atoms with van der Waals surface area (Å²) < 4.78 is 6.97. The highest BCUT2D eigenvalue weighted by molar-refractivity contribution is 5.01. The van der Waals surface area contributed by atoms with Crippen molar-refractivity contribution in [1.29, 1.82) is 0 Å². The fourth-order valence-corrected chi connectivity index (χ4v) is 6.95. The van der Waals surface area contributed by atoms with E-state index in [-0.39, 0.29) is 6.10 Å². The molecule has 1 aliphatic heterocycles.